The minimum absolute atomic E-state index is 0.389. The van der Waals surface area contributed by atoms with Gasteiger partial charge in [-0.25, -0.2) is 0 Å². The Morgan fingerprint density at radius 1 is 1.64 bits per heavy atom. The molecule has 0 fully saturated rings. The summed E-state index contributed by atoms with van der Waals surface area (Å²) in [6.45, 7) is 0. The van der Waals surface area contributed by atoms with Crippen molar-refractivity contribution in [3.8, 4) is 6.07 Å². The van der Waals surface area contributed by atoms with Crippen molar-refractivity contribution in [3.63, 3.8) is 0 Å². The van der Waals surface area contributed by atoms with Gasteiger partial charge in [-0.15, -0.1) is 0 Å². The number of benzene rings is 1. The Morgan fingerprint density at radius 2 is 2.36 bits per heavy atom. The number of nitriles is 1. The molecular weight excluding hydrogens is 182 g/mol. The summed E-state index contributed by atoms with van der Waals surface area (Å²) in [7, 11) is 0. The molecular formula is C10H8NO3-. The molecule has 14 heavy (non-hydrogen) atoms. The number of carboxylic acid groups (broad SMARTS) is 1. The van der Waals surface area contributed by atoms with Crippen LogP contribution in [-0.2, 0) is 4.79 Å². The number of hydrogen-bond donors (Lipinski definition) is 1. The van der Waals surface area contributed by atoms with Crippen molar-refractivity contribution < 1.29 is 15.0 Å². The molecule has 0 saturated carbocycles. The van der Waals surface area contributed by atoms with Crippen LogP contribution in [0.4, 0.5) is 0 Å². The zero-order valence-corrected chi connectivity index (χ0v) is 7.30. The van der Waals surface area contributed by atoms with Crippen LogP contribution in [0.5, 0.6) is 0 Å². The lowest BCUT2D eigenvalue weighted by atomic mass is 10.0. The van der Waals surface area contributed by atoms with E-state index in [-0.39, 0.29) is 0 Å². The van der Waals surface area contributed by atoms with E-state index in [1.54, 1.807) is 18.2 Å². The van der Waals surface area contributed by atoms with Crippen molar-refractivity contribution in [2.24, 2.45) is 0 Å². The molecule has 1 aromatic carbocycles. The standard InChI is InChI=1S/C10H9NO3/c11-6-7-2-1-3-8(4-7)9(12)5-10(13)14/h1-4,9,12H,5H2,(H,13,14)/p-1. The molecule has 72 valence electrons. The molecule has 0 heterocycles. The maximum absolute atomic E-state index is 10.2. The monoisotopic (exact) mass is 190 g/mol. The number of aliphatic hydroxyl groups is 1. The van der Waals surface area contributed by atoms with Gasteiger partial charge in [-0.2, -0.15) is 5.26 Å². The van der Waals surface area contributed by atoms with Crippen molar-refractivity contribution in [1.82, 2.24) is 0 Å². The fraction of sp³-hybridized carbons (Fsp3) is 0.200. The first kappa shape index (κ1) is 10.2. The first-order chi connectivity index (χ1) is 6.63. The third-order valence-corrected chi connectivity index (χ3v) is 1.76. The zero-order chi connectivity index (χ0) is 10.6. The van der Waals surface area contributed by atoms with E-state index in [0.29, 0.717) is 11.1 Å². The fourth-order valence-corrected chi connectivity index (χ4v) is 1.09. The number of carbonyl (C=O) groups is 1. The molecule has 0 radical (unpaired) electrons. The van der Waals surface area contributed by atoms with Crippen LogP contribution in [0, 0.1) is 11.3 Å². The van der Waals surface area contributed by atoms with Gasteiger partial charge in [0.1, 0.15) is 0 Å². The molecule has 4 nitrogen and oxygen atoms in total. The molecule has 0 aliphatic carbocycles. The van der Waals surface area contributed by atoms with Crippen molar-refractivity contribution in [1.29, 1.82) is 5.26 Å². The number of rotatable bonds is 3. The number of carboxylic acids is 1. The van der Waals surface area contributed by atoms with Gasteiger partial charge < -0.3 is 15.0 Å². The number of hydrogen-bond acceptors (Lipinski definition) is 4. The van der Waals surface area contributed by atoms with E-state index < -0.39 is 18.5 Å². The van der Waals surface area contributed by atoms with Crippen LogP contribution in [0.3, 0.4) is 0 Å². The SMILES string of the molecule is N#Cc1cccc(C(O)CC(=O)[O-])c1. The minimum Gasteiger partial charge on any atom is -0.550 e. The molecule has 0 amide bonds. The summed E-state index contributed by atoms with van der Waals surface area (Å²) < 4.78 is 0. The van der Waals surface area contributed by atoms with Crippen LogP contribution in [0.25, 0.3) is 0 Å². The maximum atomic E-state index is 10.2. The molecule has 0 aromatic heterocycles. The summed E-state index contributed by atoms with van der Waals surface area (Å²) >= 11 is 0. The second-order valence-corrected chi connectivity index (χ2v) is 2.83. The Hall–Kier alpha value is -1.86. The van der Waals surface area contributed by atoms with Gasteiger partial charge in [-0.3, -0.25) is 0 Å². The van der Waals surface area contributed by atoms with Crippen LogP contribution < -0.4 is 5.11 Å². The summed E-state index contributed by atoms with van der Waals surface area (Å²) in [5, 5.41) is 28.1. The highest BCUT2D eigenvalue weighted by atomic mass is 16.4. The number of carbonyl (C=O) groups excluding carboxylic acids is 1. The molecule has 1 unspecified atom stereocenters. The van der Waals surface area contributed by atoms with E-state index in [2.05, 4.69) is 0 Å². The average Bonchev–Trinajstić information content (AvgIpc) is 2.17. The van der Waals surface area contributed by atoms with E-state index in [9.17, 15) is 15.0 Å². The quantitative estimate of drug-likeness (QED) is 0.711. The highest BCUT2D eigenvalue weighted by molar-refractivity contribution is 5.65. The van der Waals surface area contributed by atoms with Crippen LogP contribution in [0.15, 0.2) is 24.3 Å². The third kappa shape index (κ3) is 2.57. The molecule has 0 bridgehead atoms. The van der Waals surface area contributed by atoms with Crippen molar-refractivity contribution in [3.05, 3.63) is 35.4 Å². The molecule has 0 saturated heterocycles. The van der Waals surface area contributed by atoms with Gasteiger partial charge in [-0.05, 0) is 17.7 Å². The summed E-state index contributed by atoms with van der Waals surface area (Å²) in [6, 6.07) is 8.09. The minimum atomic E-state index is -1.32. The van der Waals surface area contributed by atoms with E-state index >= 15 is 0 Å². The summed E-state index contributed by atoms with van der Waals surface area (Å²) in [5.41, 5.74) is 0.799. The van der Waals surface area contributed by atoms with E-state index in [4.69, 9.17) is 5.26 Å². The molecule has 1 N–H and O–H groups in total. The number of nitrogens with zero attached hydrogens (tertiary/aromatic N) is 1. The Bertz CT molecular complexity index is 381. The summed E-state index contributed by atoms with van der Waals surface area (Å²) in [6.07, 6.45) is -1.58. The first-order valence-corrected chi connectivity index (χ1v) is 4.01. The second-order valence-electron chi connectivity index (χ2n) is 2.83. The maximum Gasteiger partial charge on any atom is 0.0991 e. The lowest BCUT2D eigenvalue weighted by Crippen LogP contribution is -2.24. The van der Waals surface area contributed by atoms with Gasteiger partial charge in [-0.1, -0.05) is 12.1 Å². The molecule has 1 rings (SSSR count). The molecule has 0 aliphatic heterocycles. The molecule has 1 atom stereocenters. The smallest absolute Gasteiger partial charge is 0.0991 e. The number of aliphatic carboxylic acids is 1. The van der Waals surface area contributed by atoms with E-state index in [1.807, 2.05) is 6.07 Å². The Balaban J connectivity index is 2.85. The van der Waals surface area contributed by atoms with Gasteiger partial charge >= 0.3 is 0 Å². The van der Waals surface area contributed by atoms with E-state index in [1.165, 1.54) is 6.07 Å². The third-order valence-electron chi connectivity index (χ3n) is 1.76. The van der Waals surface area contributed by atoms with Gasteiger partial charge in [0.25, 0.3) is 0 Å². The Kier molecular flexibility index (Phi) is 3.21. The predicted molar refractivity (Wildman–Crippen MR) is 45.7 cm³/mol. The molecule has 0 aliphatic rings. The lowest BCUT2D eigenvalue weighted by Gasteiger charge is -2.11. The van der Waals surface area contributed by atoms with Gasteiger partial charge in [0.15, 0.2) is 0 Å². The fourth-order valence-electron chi connectivity index (χ4n) is 1.09. The first-order valence-electron chi connectivity index (χ1n) is 4.01. The van der Waals surface area contributed by atoms with Crippen LogP contribution in [0.2, 0.25) is 0 Å². The summed E-state index contributed by atoms with van der Waals surface area (Å²) in [5.74, 6) is -1.32. The van der Waals surface area contributed by atoms with Gasteiger partial charge in [0.05, 0.1) is 17.7 Å². The number of aliphatic hydroxyl groups excluding tert-OH is 1. The topological polar surface area (TPSA) is 84.1 Å². The average molecular weight is 190 g/mol. The largest absolute Gasteiger partial charge is 0.550 e. The van der Waals surface area contributed by atoms with Gasteiger partial charge in [0, 0.05) is 12.4 Å². The lowest BCUT2D eigenvalue weighted by molar-refractivity contribution is -0.307. The van der Waals surface area contributed by atoms with Crippen molar-refractivity contribution in [2.75, 3.05) is 0 Å². The molecule has 1 aromatic rings. The van der Waals surface area contributed by atoms with Crippen LogP contribution in [-0.4, -0.2) is 11.1 Å². The Morgan fingerprint density at radius 3 is 2.93 bits per heavy atom. The molecule has 0 spiro atoms. The van der Waals surface area contributed by atoms with Crippen molar-refractivity contribution >= 4 is 5.97 Å². The van der Waals surface area contributed by atoms with Crippen LogP contribution >= 0.6 is 0 Å². The highest BCUT2D eigenvalue weighted by Crippen LogP contribution is 2.16. The van der Waals surface area contributed by atoms with Gasteiger partial charge in [0.2, 0.25) is 0 Å². The van der Waals surface area contributed by atoms with E-state index in [0.717, 1.165) is 0 Å². The predicted octanol–water partition coefficient (Wildman–Crippen LogP) is -0.268. The second kappa shape index (κ2) is 4.40. The van der Waals surface area contributed by atoms with Crippen LogP contribution in [0.1, 0.15) is 23.7 Å². The zero-order valence-electron chi connectivity index (χ0n) is 7.30. The highest BCUT2D eigenvalue weighted by Gasteiger charge is 2.07. The normalized spacial score (nSPS) is 11.7. The van der Waals surface area contributed by atoms with Crippen molar-refractivity contribution in [2.45, 2.75) is 12.5 Å². The summed E-state index contributed by atoms with van der Waals surface area (Å²) in [4.78, 5) is 10.2. The Labute approximate surface area is 81.0 Å². The molecule has 4 heteroatoms.